The van der Waals surface area contributed by atoms with Gasteiger partial charge in [-0.3, -0.25) is 4.79 Å². The molecule has 0 spiro atoms. The lowest BCUT2D eigenvalue weighted by Crippen LogP contribution is -2.29. The van der Waals surface area contributed by atoms with Crippen LogP contribution in [0.3, 0.4) is 0 Å². The Bertz CT molecular complexity index is 366. The Kier molecular flexibility index (Phi) is 2.95. The lowest BCUT2D eigenvalue weighted by Gasteiger charge is -2.04. The van der Waals surface area contributed by atoms with Crippen LogP contribution in [0.4, 0.5) is 0 Å². The first-order chi connectivity index (χ1) is 7.08. The fraction of sp³-hybridized carbons (Fsp3) is 0.500. The molecule has 1 aliphatic rings. The molecule has 0 saturated carbocycles. The van der Waals surface area contributed by atoms with Gasteiger partial charge in [-0.25, -0.2) is 0 Å². The molecule has 0 amide bonds. The van der Waals surface area contributed by atoms with E-state index in [-0.39, 0.29) is 25.1 Å². The molecule has 2 rings (SSSR count). The standard InChI is InChI=1S/C10H13BO3S/c1-6(12)9-4-5-10(15-9)11-13-7(2)8(3)14-11/h4-5,7-8H,1-3H3. The summed E-state index contributed by atoms with van der Waals surface area (Å²) in [6, 6.07) is 3.72. The third kappa shape index (κ3) is 2.14. The van der Waals surface area contributed by atoms with Crippen molar-refractivity contribution in [2.45, 2.75) is 33.0 Å². The zero-order valence-corrected chi connectivity index (χ0v) is 9.84. The highest BCUT2D eigenvalue weighted by Gasteiger charge is 2.37. The van der Waals surface area contributed by atoms with E-state index in [1.54, 1.807) is 6.92 Å². The van der Waals surface area contributed by atoms with E-state index < -0.39 is 0 Å². The highest BCUT2D eigenvalue weighted by atomic mass is 32.1. The van der Waals surface area contributed by atoms with Gasteiger partial charge in [0.05, 0.1) is 17.1 Å². The van der Waals surface area contributed by atoms with Crippen LogP contribution < -0.4 is 4.78 Å². The largest absolute Gasteiger partial charge is 0.505 e. The summed E-state index contributed by atoms with van der Waals surface area (Å²) in [5, 5.41) is 0. The zero-order chi connectivity index (χ0) is 11.0. The molecular weight excluding hydrogens is 211 g/mol. The first-order valence-electron chi connectivity index (χ1n) is 4.99. The smallest absolute Gasteiger partial charge is 0.402 e. The monoisotopic (exact) mass is 224 g/mol. The van der Waals surface area contributed by atoms with Crippen molar-refractivity contribution >= 4 is 29.0 Å². The molecule has 80 valence electrons. The molecular formula is C10H13BO3S. The van der Waals surface area contributed by atoms with E-state index in [0.29, 0.717) is 0 Å². The number of ketones is 1. The van der Waals surface area contributed by atoms with Crippen LogP contribution in [0.15, 0.2) is 12.1 Å². The highest BCUT2D eigenvalue weighted by Crippen LogP contribution is 2.18. The molecule has 0 N–H and O–H groups in total. The summed E-state index contributed by atoms with van der Waals surface area (Å²) in [6.07, 6.45) is 0.218. The molecule has 0 bridgehead atoms. The first kappa shape index (κ1) is 10.9. The molecule has 1 saturated heterocycles. The fourth-order valence-corrected chi connectivity index (χ4v) is 2.32. The van der Waals surface area contributed by atoms with Crippen LogP contribution in [0, 0.1) is 0 Å². The van der Waals surface area contributed by atoms with Gasteiger partial charge < -0.3 is 9.31 Å². The van der Waals surface area contributed by atoms with Crippen molar-refractivity contribution in [3.63, 3.8) is 0 Å². The molecule has 15 heavy (non-hydrogen) atoms. The maximum atomic E-state index is 11.1. The summed E-state index contributed by atoms with van der Waals surface area (Å²) in [7, 11) is -0.298. The van der Waals surface area contributed by atoms with Crippen molar-refractivity contribution in [3.05, 3.63) is 17.0 Å². The minimum Gasteiger partial charge on any atom is -0.402 e. The minimum atomic E-state index is -0.298. The summed E-state index contributed by atoms with van der Waals surface area (Å²) < 4.78 is 12.2. The molecule has 1 aromatic rings. The Labute approximate surface area is 93.5 Å². The second-order valence-corrected chi connectivity index (χ2v) is 4.89. The van der Waals surface area contributed by atoms with Crippen molar-refractivity contribution in [2.24, 2.45) is 0 Å². The molecule has 2 heterocycles. The molecule has 1 fully saturated rings. The van der Waals surface area contributed by atoms with E-state index in [1.165, 1.54) is 11.3 Å². The van der Waals surface area contributed by atoms with Gasteiger partial charge in [0.25, 0.3) is 0 Å². The summed E-state index contributed by atoms with van der Waals surface area (Å²) >= 11 is 1.44. The van der Waals surface area contributed by atoms with Gasteiger partial charge in [0, 0.05) is 4.78 Å². The van der Waals surface area contributed by atoms with Crippen LogP contribution in [0.25, 0.3) is 0 Å². The van der Waals surface area contributed by atoms with E-state index >= 15 is 0 Å². The summed E-state index contributed by atoms with van der Waals surface area (Å²) in [4.78, 5) is 11.9. The summed E-state index contributed by atoms with van der Waals surface area (Å²) in [6.45, 7) is 5.55. The Balaban J connectivity index is 2.14. The molecule has 1 aliphatic heterocycles. The quantitative estimate of drug-likeness (QED) is 0.563. The average Bonchev–Trinajstić information content (AvgIpc) is 2.74. The van der Waals surface area contributed by atoms with Gasteiger partial charge in [-0.2, -0.15) is 0 Å². The molecule has 0 radical (unpaired) electrons. The second-order valence-electron chi connectivity index (χ2n) is 3.77. The lowest BCUT2D eigenvalue weighted by molar-refractivity contribution is 0.102. The third-order valence-corrected chi connectivity index (χ3v) is 3.75. The molecule has 5 heteroatoms. The Morgan fingerprint density at radius 2 is 1.93 bits per heavy atom. The molecule has 1 aromatic heterocycles. The van der Waals surface area contributed by atoms with Gasteiger partial charge in [-0.1, -0.05) is 6.07 Å². The Morgan fingerprint density at radius 3 is 2.40 bits per heavy atom. The number of Topliss-reactive ketones (excluding diaryl/α,β-unsaturated/α-hetero) is 1. The minimum absolute atomic E-state index is 0.0883. The molecule has 2 atom stereocenters. The number of carbonyl (C=O) groups excluding carboxylic acids is 1. The van der Waals surface area contributed by atoms with Crippen molar-refractivity contribution in [3.8, 4) is 0 Å². The van der Waals surface area contributed by atoms with Gasteiger partial charge in [0.1, 0.15) is 0 Å². The number of carbonyl (C=O) groups is 1. The third-order valence-electron chi connectivity index (χ3n) is 2.54. The maximum absolute atomic E-state index is 11.1. The van der Waals surface area contributed by atoms with Crippen molar-refractivity contribution in [2.75, 3.05) is 0 Å². The van der Waals surface area contributed by atoms with E-state index in [2.05, 4.69) is 0 Å². The number of thiophene rings is 1. The second kappa shape index (κ2) is 4.08. The molecule has 2 unspecified atom stereocenters. The molecule has 0 aliphatic carbocycles. The first-order valence-corrected chi connectivity index (χ1v) is 5.81. The van der Waals surface area contributed by atoms with Gasteiger partial charge >= 0.3 is 7.12 Å². The zero-order valence-electron chi connectivity index (χ0n) is 9.02. The predicted molar refractivity (Wildman–Crippen MR) is 60.8 cm³/mol. The number of rotatable bonds is 2. The molecule has 3 nitrogen and oxygen atoms in total. The average molecular weight is 224 g/mol. The predicted octanol–water partition coefficient (Wildman–Crippen LogP) is 1.47. The number of hydrogen-bond acceptors (Lipinski definition) is 4. The van der Waals surface area contributed by atoms with Crippen molar-refractivity contribution in [1.82, 2.24) is 0 Å². The van der Waals surface area contributed by atoms with Crippen LogP contribution in [0.2, 0.25) is 0 Å². The van der Waals surface area contributed by atoms with E-state index in [4.69, 9.17) is 9.31 Å². The Hall–Kier alpha value is -0.645. The van der Waals surface area contributed by atoms with Crippen molar-refractivity contribution < 1.29 is 14.1 Å². The van der Waals surface area contributed by atoms with Gasteiger partial charge in [0.2, 0.25) is 0 Å². The Morgan fingerprint density at radius 1 is 1.33 bits per heavy atom. The van der Waals surface area contributed by atoms with Gasteiger partial charge in [-0.15, -0.1) is 11.3 Å². The van der Waals surface area contributed by atoms with E-state index in [1.807, 2.05) is 26.0 Å². The topological polar surface area (TPSA) is 35.5 Å². The highest BCUT2D eigenvalue weighted by molar-refractivity contribution is 7.23. The van der Waals surface area contributed by atoms with Crippen LogP contribution in [-0.4, -0.2) is 25.1 Å². The normalized spacial score (nSPS) is 25.9. The van der Waals surface area contributed by atoms with Gasteiger partial charge in [-0.05, 0) is 26.8 Å². The fourth-order valence-electron chi connectivity index (χ4n) is 1.45. The van der Waals surface area contributed by atoms with Crippen LogP contribution in [-0.2, 0) is 9.31 Å². The summed E-state index contributed by atoms with van der Waals surface area (Å²) in [5.41, 5.74) is 0. The maximum Gasteiger partial charge on any atom is 0.505 e. The SMILES string of the molecule is CC(=O)c1ccc(B2OC(C)C(C)O2)s1. The van der Waals surface area contributed by atoms with Crippen molar-refractivity contribution in [1.29, 1.82) is 0 Å². The number of hydrogen-bond donors (Lipinski definition) is 0. The van der Waals surface area contributed by atoms with E-state index in [9.17, 15) is 4.79 Å². The molecule has 0 aromatic carbocycles. The summed E-state index contributed by atoms with van der Waals surface area (Å²) in [5.74, 6) is 0.0883. The van der Waals surface area contributed by atoms with Crippen LogP contribution in [0.1, 0.15) is 30.4 Å². The lowest BCUT2D eigenvalue weighted by atomic mass is 9.88. The van der Waals surface area contributed by atoms with Gasteiger partial charge in [0.15, 0.2) is 5.78 Å². The van der Waals surface area contributed by atoms with Crippen LogP contribution >= 0.6 is 11.3 Å². The van der Waals surface area contributed by atoms with Crippen LogP contribution in [0.5, 0.6) is 0 Å². The van der Waals surface area contributed by atoms with E-state index in [0.717, 1.165) is 9.65 Å².